The number of ether oxygens (including phenoxy) is 1. The molecular weight excluding hydrogens is 258 g/mol. The average Bonchev–Trinajstić information content (AvgIpc) is 3.22. The molecule has 0 aromatic carbocycles. The van der Waals surface area contributed by atoms with Gasteiger partial charge in [0.2, 0.25) is 6.41 Å². The topological polar surface area (TPSA) is 73.2 Å². The lowest BCUT2D eigenvalue weighted by molar-refractivity contribution is 0.134. The normalized spacial score (nSPS) is 20.7. The Labute approximate surface area is 116 Å². The zero-order valence-electron chi connectivity index (χ0n) is 10.9. The summed E-state index contributed by atoms with van der Waals surface area (Å²) in [7, 11) is 0. The standard InChI is InChI=1S/C14H15N3O3/c18-9-17-13(8-12(16-17)10-6-7-10)15-14(19)20-11-4-2-1-3-5-11/h1-4,8-11H,5-7H2,(H,15,19). The third kappa shape index (κ3) is 2.79. The van der Waals surface area contributed by atoms with Crippen LogP contribution in [0.5, 0.6) is 0 Å². The SMILES string of the molecule is O=Cn1nc(C2CC2)cc1NC(=O)OC1C=CC=CC1. The van der Waals surface area contributed by atoms with Crippen LogP contribution in [0.15, 0.2) is 30.4 Å². The molecule has 6 heteroatoms. The number of rotatable bonds is 4. The molecule has 1 saturated carbocycles. The molecule has 1 amide bonds. The highest BCUT2D eigenvalue weighted by Gasteiger charge is 2.27. The van der Waals surface area contributed by atoms with Gasteiger partial charge in [0.15, 0.2) is 0 Å². The number of carbonyl (C=O) groups excluding carboxylic acids is 2. The van der Waals surface area contributed by atoms with Crippen molar-refractivity contribution in [2.24, 2.45) is 0 Å². The second-order valence-corrected chi connectivity index (χ2v) is 4.90. The molecule has 0 spiro atoms. The van der Waals surface area contributed by atoms with Crippen molar-refractivity contribution in [1.82, 2.24) is 9.78 Å². The van der Waals surface area contributed by atoms with Crippen molar-refractivity contribution in [3.05, 3.63) is 36.1 Å². The summed E-state index contributed by atoms with van der Waals surface area (Å²) in [6.07, 6.45) is 10.0. The Kier molecular flexibility index (Phi) is 3.37. The summed E-state index contributed by atoms with van der Waals surface area (Å²) < 4.78 is 6.37. The number of amides is 1. The minimum atomic E-state index is -0.583. The van der Waals surface area contributed by atoms with Crippen LogP contribution in [-0.4, -0.2) is 28.4 Å². The van der Waals surface area contributed by atoms with Crippen LogP contribution in [0.25, 0.3) is 0 Å². The van der Waals surface area contributed by atoms with Crippen LogP contribution in [-0.2, 0) is 9.53 Å². The Hall–Kier alpha value is -2.37. The lowest BCUT2D eigenvalue weighted by Crippen LogP contribution is -2.22. The summed E-state index contributed by atoms with van der Waals surface area (Å²) in [5.41, 5.74) is 0.841. The van der Waals surface area contributed by atoms with E-state index >= 15 is 0 Å². The van der Waals surface area contributed by atoms with Crippen LogP contribution in [0, 0.1) is 0 Å². The van der Waals surface area contributed by atoms with Crippen LogP contribution in [0.3, 0.4) is 0 Å². The van der Waals surface area contributed by atoms with Crippen LogP contribution >= 0.6 is 0 Å². The van der Waals surface area contributed by atoms with E-state index in [4.69, 9.17) is 4.74 Å². The van der Waals surface area contributed by atoms with Gasteiger partial charge in [-0.25, -0.2) is 4.79 Å². The first-order valence-electron chi connectivity index (χ1n) is 6.62. The van der Waals surface area contributed by atoms with Crippen molar-refractivity contribution in [2.75, 3.05) is 5.32 Å². The third-order valence-corrected chi connectivity index (χ3v) is 3.28. The maximum atomic E-state index is 11.8. The first-order valence-corrected chi connectivity index (χ1v) is 6.62. The van der Waals surface area contributed by atoms with Gasteiger partial charge in [0.05, 0.1) is 5.69 Å². The molecule has 1 fully saturated rings. The van der Waals surface area contributed by atoms with E-state index in [1.54, 1.807) is 6.07 Å². The number of aromatic nitrogens is 2. The van der Waals surface area contributed by atoms with Crippen molar-refractivity contribution in [3.8, 4) is 0 Å². The van der Waals surface area contributed by atoms with Crippen molar-refractivity contribution in [1.29, 1.82) is 0 Å². The minimum absolute atomic E-state index is 0.268. The highest BCUT2D eigenvalue weighted by molar-refractivity contribution is 5.85. The van der Waals surface area contributed by atoms with Gasteiger partial charge < -0.3 is 4.74 Å². The number of anilines is 1. The fraction of sp³-hybridized carbons (Fsp3) is 0.357. The van der Waals surface area contributed by atoms with Gasteiger partial charge in [0, 0.05) is 18.4 Å². The van der Waals surface area contributed by atoms with Crippen molar-refractivity contribution >= 4 is 18.3 Å². The Bertz CT molecular complexity index is 584. The lowest BCUT2D eigenvalue weighted by Gasteiger charge is -2.14. The zero-order chi connectivity index (χ0) is 13.9. The fourth-order valence-electron chi connectivity index (χ4n) is 2.08. The molecule has 20 heavy (non-hydrogen) atoms. The highest BCUT2D eigenvalue weighted by Crippen LogP contribution is 2.39. The van der Waals surface area contributed by atoms with E-state index < -0.39 is 6.09 Å². The maximum absolute atomic E-state index is 11.8. The summed E-state index contributed by atoms with van der Waals surface area (Å²) in [5, 5.41) is 6.71. The Morgan fingerprint density at radius 1 is 1.45 bits per heavy atom. The zero-order valence-corrected chi connectivity index (χ0v) is 10.9. The molecule has 2 aliphatic rings. The number of carbonyl (C=O) groups is 2. The smallest absolute Gasteiger partial charge is 0.413 e. The van der Waals surface area contributed by atoms with E-state index in [9.17, 15) is 9.59 Å². The molecule has 1 unspecified atom stereocenters. The summed E-state index contributed by atoms with van der Waals surface area (Å²) in [5.74, 6) is 0.765. The van der Waals surface area contributed by atoms with Crippen LogP contribution in [0.4, 0.5) is 10.6 Å². The van der Waals surface area contributed by atoms with Gasteiger partial charge in [0.25, 0.3) is 0 Å². The molecule has 2 aliphatic carbocycles. The van der Waals surface area contributed by atoms with Crippen LogP contribution < -0.4 is 5.32 Å². The second kappa shape index (κ2) is 5.32. The van der Waals surface area contributed by atoms with E-state index in [2.05, 4.69) is 10.4 Å². The number of nitrogens with one attached hydrogen (secondary N) is 1. The summed E-state index contributed by atoms with van der Waals surface area (Å²) in [6, 6.07) is 1.73. The highest BCUT2D eigenvalue weighted by atomic mass is 16.6. The Morgan fingerprint density at radius 2 is 2.30 bits per heavy atom. The largest absolute Gasteiger partial charge is 0.441 e. The van der Waals surface area contributed by atoms with E-state index in [-0.39, 0.29) is 6.10 Å². The van der Waals surface area contributed by atoms with Gasteiger partial charge in [-0.1, -0.05) is 18.2 Å². The molecule has 0 bridgehead atoms. The van der Waals surface area contributed by atoms with E-state index in [1.165, 1.54) is 0 Å². The van der Waals surface area contributed by atoms with Gasteiger partial charge >= 0.3 is 6.09 Å². The summed E-state index contributed by atoms with van der Waals surface area (Å²) in [6.45, 7) is 0. The molecule has 0 radical (unpaired) electrons. The van der Waals surface area contributed by atoms with E-state index in [0.717, 1.165) is 23.2 Å². The van der Waals surface area contributed by atoms with Gasteiger partial charge in [0.1, 0.15) is 11.9 Å². The molecule has 1 heterocycles. The van der Waals surface area contributed by atoms with E-state index in [1.807, 2.05) is 24.3 Å². The molecule has 1 N–H and O–H groups in total. The predicted octanol–water partition coefficient (Wildman–Crippen LogP) is 2.23. The van der Waals surface area contributed by atoms with Crippen LogP contribution in [0.1, 0.15) is 30.9 Å². The first kappa shape index (κ1) is 12.7. The fourth-order valence-corrected chi connectivity index (χ4v) is 2.08. The second-order valence-electron chi connectivity index (χ2n) is 4.90. The Balaban J connectivity index is 1.64. The van der Waals surface area contributed by atoms with Crippen molar-refractivity contribution < 1.29 is 14.3 Å². The monoisotopic (exact) mass is 273 g/mol. The average molecular weight is 273 g/mol. The van der Waals surface area contributed by atoms with Crippen LogP contribution in [0.2, 0.25) is 0 Å². The predicted molar refractivity (Wildman–Crippen MR) is 73.1 cm³/mol. The molecule has 0 aliphatic heterocycles. The number of nitrogens with zero attached hydrogens (tertiary/aromatic N) is 2. The molecular formula is C14H15N3O3. The lowest BCUT2D eigenvalue weighted by atomic mass is 10.1. The molecule has 6 nitrogen and oxygen atoms in total. The quantitative estimate of drug-likeness (QED) is 0.854. The van der Waals surface area contributed by atoms with Crippen molar-refractivity contribution in [2.45, 2.75) is 31.3 Å². The molecule has 1 atom stereocenters. The summed E-state index contributed by atoms with van der Waals surface area (Å²) >= 11 is 0. The molecule has 0 saturated heterocycles. The molecule has 3 rings (SSSR count). The third-order valence-electron chi connectivity index (χ3n) is 3.28. The minimum Gasteiger partial charge on any atom is -0.441 e. The molecule has 1 aromatic heterocycles. The summed E-state index contributed by atoms with van der Waals surface area (Å²) in [4.78, 5) is 22.7. The Morgan fingerprint density at radius 3 is 2.95 bits per heavy atom. The number of allylic oxidation sites excluding steroid dienone is 2. The van der Waals surface area contributed by atoms with Gasteiger partial charge in [-0.05, 0) is 18.9 Å². The molecule has 104 valence electrons. The first-order chi connectivity index (χ1) is 9.76. The van der Waals surface area contributed by atoms with Gasteiger partial charge in [-0.3, -0.25) is 10.1 Å². The van der Waals surface area contributed by atoms with Crippen molar-refractivity contribution in [3.63, 3.8) is 0 Å². The maximum Gasteiger partial charge on any atom is 0.413 e. The number of hydrogen-bond acceptors (Lipinski definition) is 4. The number of hydrogen-bond donors (Lipinski definition) is 1. The van der Waals surface area contributed by atoms with Gasteiger partial charge in [-0.2, -0.15) is 9.78 Å². The molecule has 1 aromatic rings. The van der Waals surface area contributed by atoms with Gasteiger partial charge in [-0.15, -0.1) is 0 Å². The van der Waals surface area contributed by atoms with E-state index in [0.29, 0.717) is 24.6 Å².